The summed E-state index contributed by atoms with van der Waals surface area (Å²) < 4.78 is 9.96. The number of hydrogen-bond acceptors (Lipinski definition) is 5. The molecule has 0 fully saturated rings. The van der Waals surface area contributed by atoms with Gasteiger partial charge in [0.2, 0.25) is 0 Å². The van der Waals surface area contributed by atoms with Crippen molar-refractivity contribution in [2.75, 3.05) is 12.4 Å². The quantitative estimate of drug-likeness (QED) is 0.671. The zero-order valence-electron chi connectivity index (χ0n) is 15.6. The summed E-state index contributed by atoms with van der Waals surface area (Å²) in [6, 6.07) is 12.4. The first-order chi connectivity index (χ1) is 12.7. The van der Waals surface area contributed by atoms with Gasteiger partial charge in [-0.15, -0.1) is 0 Å². The van der Waals surface area contributed by atoms with Crippen molar-refractivity contribution in [2.24, 2.45) is 0 Å². The molecule has 0 atom stereocenters. The number of benzene rings is 2. The van der Waals surface area contributed by atoms with Crippen LogP contribution in [0.2, 0.25) is 0 Å². The molecule has 0 saturated heterocycles. The van der Waals surface area contributed by atoms with Gasteiger partial charge in [-0.05, 0) is 63.2 Å². The van der Waals surface area contributed by atoms with Gasteiger partial charge in [-0.3, -0.25) is 5.32 Å². The van der Waals surface area contributed by atoms with Crippen LogP contribution < -0.4 is 5.32 Å². The fraction of sp³-hybridized carbons (Fsp3) is 0.250. The van der Waals surface area contributed by atoms with Gasteiger partial charge in [-0.1, -0.05) is 0 Å². The van der Waals surface area contributed by atoms with Crippen LogP contribution in [0, 0.1) is 0 Å². The van der Waals surface area contributed by atoms with Crippen molar-refractivity contribution in [3.8, 4) is 11.4 Å². The third kappa shape index (κ3) is 4.44. The van der Waals surface area contributed by atoms with E-state index in [1.165, 1.54) is 7.11 Å². The summed E-state index contributed by atoms with van der Waals surface area (Å²) in [6.07, 6.45) is -0.505. The van der Waals surface area contributed by atoms with E-state index in [9.17, 15) is 9.59 Å². The monoisotopic (exact) mass is 367 g/mol. The lowest BCUT2D eigenvalue weighted by molar-refractivity contribution is 0.0598. The summed E-state index contributed by atoms with van der Waals surface area (Å²) in [5.41, 5.74) is 2.86. The first-order valence-electron chi connectivity index (χ1n) is 8.44. The van der Waals surface area contributed by atoms with E-state index < -0.39 is 17.7 Å². The molecule has 1 heterocycles. The number of esters is 1. The van der Waals surface area contributed by atoms with Crippen LogP contribution in [0.15, 0.2) is 42.5 Å². The molecular formula is C20H21N3O4. The van der Waals surface area contributed by atoms with Crippen LogP contribution in [0.3, 0.4) is 0 Å². The normalized spacial score (nSPS) is 11.3. The van der Waals surface area contributed by atoms with Gasteiger partial charge in [0.05, 0.1) is 23.7 Å². The Morgan fingerprint density at radius 3 is 2.41 bits per heavy atom. The van der Waals surface area contributed by atoms with Gasteiger partial charge in [-0.25, -0.2) is 14.6 Å². The van der Waals surface area contributed by atoms with Gasteiger partial charge >= 0.3 is 12.1 Å². The number of nitrogens with zero attached hydrogens (tertiary/aromatic N) is 1. The van der Waals surface area contributed by atoms with E-state index in [0.29, 0.717) is 17.1 Å². The average Bonchev–Trinajstić information content (AvgIpc) is 3.03. The summed E-state index contributed by atoms with van der Waals surface area (Å²) in [7, 11) is 1.35. The van der Waals surface area contributed by atoms with Crippen molar-refractivity contribution in [3.63, 3.8) is 0 Å². The second-order valence-corrected chi connectivity index (χ2v) is 7.01. The van der Waals surface area contributed by atoms with Gasteiger partial charge in [-0.2, -0.15) is 0 Å². The van der Waals surface area contributed by atoms with E-state index in [1.54, 1.807) is 30.3 Å². The third-order valence-corrected chi connectivity index (χ3v) is 3.71. The first-order valence-corrected chi connectivity index (χ1v) is 8.44. The van der Waals surface area contributed by atoms with Gasteiger partial charge in [0.15, 0.2) is 0 Å². The molecule has 0 radical (unpaired) electrons. The van der Waals surface area contributed by atoms with E-state index >= 15 is 0 Å². The number of hydrogen-bond donors (Lipinski definition) is 2. The van der Waals surface area contributed by atoms with Crippen molar-refractivity contribution in [3.05, 3.63) is 48.0 Å². The molecule has 7 heteroatoms. The van der Waals surface area contributed by atoms with Gasteiger partial charge in [0.1, 0.15) is 11.4 Å². The minimum Gasteiger partial charge on any atom is -0.465 e. The van der Waals surface area contributed by atoms with Crippen LogP contribution >= 0.6 is 0 Å². The molecular weight excluding hydrogens is 346 g/mol. The highest BCUT2D eigenvalue weighted by molar-refractivity contribution is 5.94. The minimum absolute atomic E-state index is 0.398. The van der Waals surface area contributed by atoms with E-state index in [0.717, 1.165) is 16.6 Å². The van der Waals surface area contributed by atoms with Crippen LogP contribution in [-0.2, 0) is 9.47 Å². The van der Waals surface area contributed by atoms with E-state index in [2.05, 4.69) is 15.3 Å². The van der Waals surface area contributed by atoms with E-state index in [1.807, 2.05) is 32.9 Å². The smallest absolute Gasteiger partial charge is 0.412 e. The molecule has 0 spiro atoms. The van der Waals surface area contributed by atoms with Gasteiger partial charge in [0, 0.05) is 11.3 Å². The highest BCUT2D eigenvalue weighted by Gasteiger charge is 2.16. The molecule has 2 aromatic carbocycles. The molecule has 1 aromatic heterocycles. The van der Waals surface area contributed by atoms with Crippen LogP contribution in [-0.4, -0.2) is 34.7 Å². The maximum absolute atomic E-state index is 11.8. The Kier molecular flexibility index (Phi) is 4.85. The number of imidazole rings is 1. The Morgan fingerprint density at radius 1 is 1.07 bits per heavy atom. The Bertz CT molecular complexity index is 985. The minimum atomic E-state index is -0.554. The zero-order chi connectivity index (χ0) is 19.6. The predicted octanol–water partition coefficient (Wildman–Crippen LogP) is 4.36. The molecule has 3 rings (SSSR count). The number of H-pyrrole nitrogens is 1. The fourth-order valence-electron chi connectivity index (χ4n) is 2.52. The Morgan fingerprint density at radius 2 is 1.78 bits per heavy atom. The second-order valence-electron chi connectivity index (χ2n) is 7.01. The highest BCUT2D eigenvalue weighted by atomic mass is 16.6. The number of aromatic nitrogens is 2. The predicted molar refractivity (Wildman–Crippen MR) is 103 cm³/mol. The Labute approximate surface area is 156 Å². The third-order valence-electron chi connectivity index (χ3n) is 3.71. The van der Waals surface area contributed by atoms with Crippen molar-refractivity contribution in [1.82, 2.24) is 9.97 Å². The SMILES string of the molecule is COC(=O)c1ccc2nc(-c3ccc(NC(=O)OC(C)(C)C)cc3)[nH]c2c1. The molecule has 0 aliphatic heterocycles. The number of carbonyl (C=O) groups excluding carboxylic acids is 2. The molecule has 0 aliphatic rings. The van der Waals surface area contributed by atoms with Crippen LogP contribution in [0.25, 0.3) is 22.4 Å². The Hall–Kier alpha value is -3.35. The molecule has 0 bridgehead atoms. The summed E-state index contributed by atoms with van der Waals surface area (Å²) >= 11 is 0. The molecule has 0 unspecified atom stereocenters. The second kappa shape index (κ2) is 7.11. The van der Waals surface area contributed by atoms with Gasteiger partial charge in [0.25, 0.3) is 0 Å². The largest absolute Gasteiger partial charge is 0.465 e. The van der Waals surface area contributed by atoms with Gasteiger partial charge < -0.3 is 14.5 Å². The topological polar surface area (TPSA) is 93.3 Å². The summed E-state index contributed by atoms with van der Waals surface area (Å²) in [6.45, 7) is 5.43. The molecule has 7 nitrogen and oxygen atoms in total. The van der Waals surface area contributed by atoms with E-state index in [-0.39, 0.29) is 0 Å². The molecule has 1 amide bonds. The fourth-order valence-corrected chi connectivity index (χ4v) is 2.52. The number of ether oxygens (including phenoxy) is 2. The number of methoxy groups -OCH3 is 1. The molecule has 140 valence electrons. The number of amides is 1. The summed E-state index contributed by atoms with van der Waals surface area (Å²) in [5.74, 6) is 0.265. The molecule has 2 N–H and O–H groups in total. The lowest BCUT2D eigenvalue weighted by Crippen LogP contribution is -2.27. The Balaban J connectivity index is 1.78. The number of carbonyl (C=O) groups is 2. The number of aromatic amines is 1. The van der Waals surface area contributed by atoms with Crippen molar-refractivity contribution >= 4 is 28.8 Å². The lowest BCUT2D eigenvalue weighted by atomic mass is 10.2. The first kappa shape index (κ1) is 18.4. The van der Waals surface area contributed by atoms with E-state index in [4.69, 9.17) is 9.47 Å². The van der Waals surface area contributed by atoms with Crippen LogP contribution in [0.4, 0.5) is 10.5 Å². The molecule has 3 aromatic rings. The lowest BCUT2D eigenvalue weighted by Gasteiger charge is -2.19. The maximum Gasteiger partial charge on any atom is 0.412 e. The van der Waals surface area contributed by atoms with Crippen molar-refractivity contribution < 1.29 is 19.1 Å². The maximum atomic E-state index is 11.8. The molecule has 0 aliphatic carbocycles. The molecule has 27 heavy (non-hydrogen) atoms. The zero-order valence-corrected chi connectivity index (χ0v) is 15.6. The average molecular weight is 367 g/mol. The highest BCUT2D eigenvalue weighted by Crippen LogP contribution is 2.23. The molecule has 0 saturated carbocycles. The number of nitrogens with one attached hydrogen (secondary N) is 2. The number of fused-ring (bicyclic) bond motifs is 1. The number of anilines is 1. The van der Waals surface area contributed by atoms with Crippen LogP contribution in [0.5, 0.6) is 0 Å². The summed E-state index contributed by atoms with van der Waals surface area (Å²) in [4.78, 5) is 31.2. The standard InChI is InChI=1S/C20H21N3O4/c1-20(2,3)27-19(25)21-14-8-5-12(6-9-14)17-22-15-10-7-13(18(24)26-4)11-16(15)23-17/h5-11H,1-4H3,(H,21,25)(H,22,23). The van der Waals surface area contributed by atoms with Crippen LogP contribution in [0.1, 0.15) is 31.1 Å². The van der Waals surface area contributed by atoms with Crippen molar-refractivity contribution in [1.29, 1.82) is 0 Å². The number of rotatable bonds is 3. The van der Waals surface area contributed by atoms with Crippen molar-refractivity contribution in [2.45, 2.75) is 26.4 Å². The summed E-state index contributed by atoms with van der Waals surface area (Å²) in [5, 5.41) is 2.69.